The van der Waals surface area contributed by atoms with Crippen molar-refractivity contribution in [2.45, 2.75) is 37.5 Å². The summed E-state index contributed by atoms with van der Waals surface area (Å²) < 4.78 is 5.96. The van der Waals surface area contributed by atoms with Gasteiger partial charge in [-0.25, -0.2) is 0 Å². The van der Waals surface area contributed by atoms with E-state index in [2.05, 4.69) is 17.4 Å². The average molecular weight is 527 g/mol. The van der Waals surface area contributed by atoms with E-state index in [1.807, 2.05) is 59.5 Å². The normalized spacial score (nSPS) is 16.0. The Labute approximate surface area is 223 Å². The van der Waals surface area contributed by atoms with Gasteiger partial charge in [-0.2, -0.15) is 0 Å². The van der Waals surface area contributed by atoms with Gasteiger partial charge in [-0.3, -0.25) is 10.1 Å². The highest BCUT2D eigenvalue weighted by Gasteiger charge is 2.38. The Balaban J connectivity index is 1.40. The maximum atomic E-state index is 13.6. The molecule has 0 saturated carbocycles. The van der Waals surface area contributed by atoms with Crippen molar-refractivity contribution < 1.29 is 14.6 Å². The van der Waals surface area contributed by atoms with E-state index in [1.165, 1.54) is 0 Å². The molecule has 1 fully saturated rings. The zero-order valence-electron chi connectivity index (χ0n) is 20.2. The lowest BCUT2D eigenvalue weighted by atomic mass is 9.73. The third kappa shape index (κ3) is 6.67. The van der Waals surface area contributed by atoms with E-state index in [0.717, 1.165) is 29.5 Å². The summed E-state index contributed by atoms with van der Waals surface area (Å²) in [7, 11) is 0. The fourth-order valence-corrected chi connectivity index (χ4v) is 5.00. The number of amides is 1. The van der Waals surface area contributed by atoms with Crippen LogP contribution < -0.4 is 5.32 Å². The van der Waals surface area contributed by atoms with Crippen LogP contribution >= 0.6 is 23.2 Å². The van der Waals surface area contributed by atoms with Crippen molar-refractivity contribution in [3.05, 3.63) is 106 Å². The lowest BCUT2D eigenvalue weighted by molar-refractivity contribution is -0.137. The van der Waals surface area contributed by atoms with Crippen molar-refractivity contribution in [3.8, 4) is 0 Å². The van der Waals surface area contributed by atoms with Crippen LogP contribution in [0.3, 0.4) is 0 Å². The molecule has 1 amide bonds. The highest BCUT2D eigenvalue weighted by molar-refractivity contribution is 6.42. The summed E-state index contributed by atoms with van der Waals surface area (Å²) in [6, 6.07) is 25.0. The second-order valence-electron chi connectivity index (χ2n) is 9.31. The third-order valence-corrected chi connectivity index (χ3v) is 7.69. The number of likely N-dealkylation sites (tertiary alicyclic amines) is 1. The number of ether oxygens (including phenoxy) is 1. The van der Waals surface area contributed by atoms with Gasteiger partial charge in [-0.05, 0) is 41.7 Å². The molecule has 3 aromatic carbocycles. The topological polar surface area (TPSA) is 61.8 Å². The molecule has 1 unspecified atom stereocenters. The molecule has 7 heteroatoms. The van der Waals surface area contributed by atoms with Crippen molar-refractivity contribution in [2.75, 3.05) is 26.3 Å². The largest absolute Gasteiger partial charge is 0.395 e. The van der Waals surface area contributed by atoms with Crippen molar-refractivity contribution in [2.24, 2.45) is 0 Å². The van der Waals surface area contributed by atoms with Crippen LogP contribution in [0.25, 0.3) is 0 Å². The molecule has 0 bridgehead atoms. The zero-order valence-corrected chi connectivity index (χ0v) is 21.7. The number of benzene rings is 3. The minimum atomic E-state index is -0.494. The van der Waals surface area contributed by atoms with E-state index in [0.29, 0.717) is 36.3 Å². The van der Waals surface area contributed by atoms with Crippen molar-refractivity contribution >= 4 is 29.1 Å². The van der Waals surface area contributed by atoms with Gasteiger partial charge < -0.3 is 14.7 Å². The number of carbonyl (C=O) groups is 1. The van der Waals surface area contributed by atoms with Gasteiger partial charge in [0.1, 0.15) is 6.04 Å². The number of rotatable bonds is 10. The molecule has 0 spiro atoms. The number of nitrogens with one attached hydrogen (secondary N) is 1. The fraction of sp³-hybridized carbons (Fsp3) is 0.345. The number of aliphatic hydroxyl groups is 1. The van der Waals surface area contributed by atoms with Gasteiger partial charge in [0.2, 0.25) is 5.91 Å². The second kappa shape index (κ2) is 12.7. The Morgan fingerprint density at radius 2 is 1.61 bits per heavy atom. The number of aliphatic hydroxyl groups excluding tert-OH is 1. The molecule has 3 aromatic rings. The molecule has 4 rings (SSSR count). The molecular formula is C29H32Cl2N2O3. The fourth-order valence-electron chi connectivity index (χ4n) is 4.68. The zero-order chi connectivity index (χ0) is 25.4. The molecule has 1 aliphatic heterocycles. The molecular weight excluding hydrogens is 495 g/mol. The smallest absolute Gasteiger partial charge is 0.242 e. The Kier molecular flexibility index (Phi) is 9.41. The number of halogens is 2. The highest BCUT2D eigenvalue weighted by atomic mass is 35.5. The monoisotopic (exact) mass is 526 g/mol. The molecule has 1 aliphatic rings. The van der Waals surface area contributed by atoms with Gasteiger partial charge in [-0.15, -0.1) is 0 Å². The highest BCUT2D eigenvalue weighted by Crippen LogP contribution is 2.35. The summed E-state index contributed by atoms with van der Waals surface area (Å²) in [6.07, 6.45) is 1.43. The Bertz CT molecular complexity index is 1120. The third-order valence-electron chi connectivity index (χ3n) is 6.95. The van der Waals surface area contributed by atoms with Crippen molar-refractivity contribution in [3.63, 3.8) is 0 Å². The van der Waals surface area contributed by atoms with E-state index < -0.39 is 6.04 Å². The Morgan fingerprint density at radius 3 is 2.25 bits per heavy atom. The van der Waals surface area contributed by atoms with Gasteiger partial charge in [0.15, 0.2) is 0 Å². The molecule has 36 heavy (non-hydrogen) atoms. The Morgan fingerprint density at radius 1 is 0.944 bits per heavy atom. The van der Waals surface area contributed by atoms with E-state index in [-0.39, 0.29) is 24.5 Å². The van der Waals surface area contributed by atoms with E-state index in [1.54, 1.807) is 12.1 Å². The number of carbonyl (C=O) groups excluding carboxylic acids is 1. The lowest BCUT2D eigenvalue weighted by Gasteiger charge is -2.42. The molecule has 1 atom stereocenters. The van der Waals surface area contributed by atoms with Crippen LogP contribution in [-0.4, -0.2) is 48.3 Å². The molecule has 1 heterocycles. The molecule has 2 N–H and O–H groups in total. The maximum absolute atomic E-state index is 13.6. The number of nitrogens with zero attached hydrogens (tertiary/aromatic N) is 1. The number of hydrogen-bond acceptors (Lipinski definition) is 4. The first-order valence-electron chi connectivity index (χ1n) is 12.2. The molecule has 0 aliphatic carbocycles. The molecule has 0 aromatic heterocycles. The molecule has 190 valence electrons. The summed E-state index contributed by atoms with van der Waals surface area (Å²) >= 11 is 12.1. The first-order valence-corrected chi connectivity index (χ1v) is 13.0. The van der Waals surface area contributed by atoms with Gasteiger partial charge in [0, 0.05) is 25.0 Å². The van der Waals surface area contributed by atoms with Gasteiger partial charge in [-0.1, -0.05) is 89.9 Å². The SMILES string of the molecule is O=C(C(COCc1ccc(Cl)c(Cl)c1)NCc1ccccc1)N1CCC(CO)(c2ccccc2)CC1. The molecule has 1 saturated heterocycles. The minimum Gasteiger partial charge on any atom is -0.395 e. The Hall–Kier alpha value is -2.41. The standard InChI is InChI=1S/C29H32Cl2N2O3/c30-25-12-11-23(17-26(25)31)19-36-20-27(32-18-22-7-3-1-4-8-22)28(35)33-15-13-29(21-34,14-16-33)24-9-5-2-6-10-24/h1-12,17,27,32,34H,13-16,18-21H2. The van der Waals surface area contributed by atoms with Crippen LogP contribution in [-0.2, 0) is 28.1 Å². The summed E-state index contributed by atoms with van der Waals surface area (Å²) in [5.41, 5.74) is 2.81. The summed E-state index contributed by atoms with van der Waals surface area (Å²) in [5, 5.41) is 14.6. The number of piperidine rings is 1. The summed E-state index contributed by atoms with van der Waals surface area (Å²) in [6.45, 7) is 2.37. The first kappa shape index (κ1) is 26.6. The van der Waals surface area contributed by atoms with E-state index >= 15 is 0 Å². The predicted octanol–water partition coefficient (Wildman–Crippen LogP) is 5.22. The van der Waals surface area contributed by atoms with Crippen LogP contribution in [0.2, 0.25) is 10.0 Å². The predicted molar refractivity (Wildman–Crippen MR) is 144 cm³/mol. The maximum Gasteiger partial charge on any atom is 0.242 e. The van der Waals surface area contributed by atoms with Crippen LogP contribution in [0.5, 0.6) is 0 Å². The minimum absolute atomic E-state index is 0.0136. The van der Waals surface area contributed by atoms with Crippen molar-refractivity contribution in [1.82, 2.24) is 10.2 Å². The van der Waals surface area contributed by atoms with Gasteiger partial charge >= 0.3 is 0 Å². The van der Waals surface area contributed by atoms with Gasteiger partial charge in [0.25, 0.3) is 0 Å². The van der Waals surface area contributed by atoms with E-state index in [4.69, 9.17) is 27.9 Å². The number of hydrogen-bond donors (Lipinski definition) is 2. The van der Waals surface area contributed by atoms with Crippen LogP contribution in [0.1, 0.15) is 29.5 Å². The van der Waals surface area contributed by atoms with Crippen LogP contribution in [0.4, 0.5) is 0 Å². The summed E-state index contributed by atoms with van der Waals surface area (Å²) in [5.74, 6) is 0.0136. The van der Waals surface area contributed by atoms with Gasteiger partial charge in [0.05, 0.1) is 29.9 Å². The lowest BCUT2D eigenvalue weighted by Crippen LogP contribution is -2.53. The molecule has 5 nitrogen and oxygen atoms in total. The van der Waals surface area contributed by atoms with Crippen LogP contribution in [0.15, 0.2) is 78.9 Å². The average Bonchev–Trinajstić information content (AvgIpc) is 2.93. The summed E-state index contributed by atoms with van der Waals surface area (Å²) in [4.78, 5) is 15.5. The van der Waals surface area contributed by atoms with Crippen molar-refractivity contribution in [1.29, 1.82) is 0 Å². The van der Waals surface area contributed by atoms with Crippen LogP contribution in [0, 0.1) is 0 Å². The second-order valence-corrected chi connectivity index (χ2v) is 10.1. The van der Waals surface area contributed by atoms with E-state index in [9.17, 15) is 9.90 Å². The first-order chi connectivity index (χ1) is 17.5. The molecule has 0 radical (unpaired) electrons. The quantitative estimate of drug-likeness (QED) is 0.380.